The maximum Gasteiger partial charge on any atom is 0.168 e. The van der Waals surface area contributed by atoms with Gasteiger partial charge in [0.25, 0.3) is 0 Å². The van der Waals surface area contributed by atoms with E-state index >= 15 is 0 Å². The first kappa shape index (κ1) is 20.4. The van der Waals surface area contributed by atoms with Crippen molar-refractivity contribution in [1.29, 1.82) is 0 Å². The molecule has 0 saturated heterocycles. The van der Waals surface area contributed by atoms with Gasteiger partial charge in [0, 0.05) is 13.0 Å². The summed E-state index contributed by atoms with van der Waals surface area (Å²) in [6.07, 6.45) is 7.01. The van der Waals surface area contributed by atoms with Crippen LogP contribution in [0.1, 0.15) is 77.9 Å². The van der Waals surface area contributed by atoms with Crippen LogP contribution in [0.25, 0.3) is 0 Å². The highest BCUT2D eigenvalue weighted by Crippen LogP contribution is 2.37. The largest absolute Gasteiger partial charge is 0.504 e. The van der Waals surface area contributed by atoms with E-state index in [1.54, 1.807) is 13.0 Å². The van der Waals surface area contributed by atoms with Gasteiger partial charge in [0.05, 0.1) is 5.56 Å². The number of aromatic hydroxyl groups is 2. The minimum Gasteiger partial charge on any atom is -0.504 e. The number of carbonyl (C=O) groups is 1. The molecule has 3 rings (SSSR count). The van der Waals surface area contributed by atoms with Crippen molar-refractivity contribution in [2.75, 3.05) is 0 Å². The molecule has 28 heavy (non-hydrogen) atoms. The Morgan fingerprint density at radius 1 is 1.11 bits per heavy atom. The van der Waals surface area contributed by atoms with Crippen LogP contribution in [0.15, 0.2) is 36.4 Å². The summed E-state index contributed by atoms with van der Waals surface area (Å²) in [5, 5.41) is 19.7. The van der Waals surface area contributed by atoms with Crippen molar-refractivity contribution < 1.29 is 15.0 Å². The Morgan fingerprint density at radius 3 is 2.71 bits per heavy atom. The summed E-state index contributed by atoms with van der Waals surface area (Å²) in [6, 6.07) is 11.7. The fraction of sp³-hybridized carbons (Fsp3) is 0.458. The molecule has 1 saturated carbocycles. The summed E-state index contributed by atoms with van der Waals surface area (Å²) in [5.74, 6) is 0.502. The van der Waals surface area contributed by atoms with Crippen LogP contribution >= 0.6 is 0 Å². The molecule has 0 bridgehead atoms. The van der Waals surface area contributed by atoms with Crippen LogP contribution in [0, 0.1) is 12.8 Å². The molecule has 1 aliphatic rings. The van der Waals surface area contributed by atoms with Gasteiger partial charge in [-0.05, 0) is 73.3 Å². The number of aryl methyl sites for hydroxylation is 1. The topological polar surface area (TPSA) is 83.5 Å². The molecule has 0 aliphatic heterocycles. The van der Waals surface area contributed by atoms with Crippen molar-refractivity contribution in [1.82, 2.24) is 0 Å². The number of ketones is 1. The summed E-state index contributed by atoms with van der Waals surface area (Å²) < 4.78 is 0. The number of hydrogen-bond donors (Lipinski definition) is 3. The van der Waals surface area contributed by atoms with E-state index in [0.29, 0.717) is 24.8 Å². The predicted molar refractivity (Wildman–Crippen MR) is 112 cm³/mol. The van der Waals surface area contributed by atoms with E-state index in [-0.39, 0.29) is 22.8 Å². The van der Waals surface area contributed by atoms with Gasteiger partial charge in [-0.15, -0.1) is 0 Å². The normalized spacial score (nSPS) is 19.9. The lowest BCUT2D eigenvalue weighted by Gasteiger charge is -2.16. The Labute approximate surface area is 167 Å². The van der Waals surface area contributed by atoms with Crippen molar-refractivity contribution in [2.24, 2.45) is 11.7 Å². The molecule has 150 valence electrons. The number of benzene rings is 2. The summed E-state index contributed by atoms with van der Waals surface area (Å²) in [6.45, 7) is 2.38. The number of carbonyl (C=O) groups excluding carboxylic acids is 1. The fourth-order valence-electron chi connectivity index (χ4n) is 4.42. The predicted octanol–water partition coefficient (Wildman–Crippen LogP) is 5.19. The van der Waals surface area contributed by atoms with Crippen molar-refractivity contribution in [3.8, 4) is 11.5 Å². The number of Topliss-reactive ketones (excluding diaryl/α,β-unsaturated/α-hetero) is 1. The van der Waals surface area contributed by atoms with Gasteiger partial charge in [-0.2, -0.15) is 0 Å². The van der Waals surface area contributed by atoms with E-state index in [9.17, 15) is 15.0 Å². The lowest BCUT2D eigenvalue weighted by atomic mass is 9.89. The molecule has 0 amide bonds. The number of phenols is 2. The number of rotatable bonds is 6. The molecule has 1 aliphatic carbocycles. The molecule has 0 aromatic heterocycles. The lowest BCUT2D eigenvalue weighted by Crippen LogP contribution is -2.06. The van der Waals surface area contributed by atoms with Gasteiger partial charge >= 0.3 is 0 Å². The Kier molecular flexibility index (Phi) is 6.74. The first-order valence-electron chi connectivity index (χ1n) is 10.3. The lowest BCUT2D eigenvalue weighted by molar-refractivity contribution is 0.0969. The van der Waals surface area contributed by atoms with Crippen LogP contribution in [-0.4, -0.2) is 16.0 Å². The second-order valence-electron chi connectivity index (χ2n) is 8.16. The van der Waals surface area contributed by atoms with Crippen LogP contribution in [0.5, 0.6) is 11.5 Å². The van der Waals surface area contributed by atoms with E-state index in [2.05, 4.69) is 24.3 Å². The quantitative estimate of drug-likeness (QED) is 0.365. The molecule has 0 radical (unpaired) electrons. The Balaban J connectivity index is 1.57. The molecule has 2 aromatic carbocycles. The zero-order valence-electron chi connectivity index (χ0n) is 16.7. The summed E-state index contributed by atoms with van der Waals surface area (Å²) in [4.78, 5) is 12.6. The fourth-order valence-corrected chi connectivity index (χ4v) is 4.42. The molecule has 0 spiro atoms. The molecule has 2 unspecified atom stereocenters. The van der Waals surface area contributed by atoms with E-state index in [1.165, 1.54) is 30.0 Å². The zero-order valence-corrected chi connectivity index (χ0v) is 16.7. The van der Waals surface area contributed by atoms with Crippen molar-refractivity contribution in [2.45, 2.75) is 64.3 Å². The standard InChI is InChI=1S/C24H31NO3/c1-16-12-21(24(28)23(27)13-16)22(26)11-9-17-4-2-6-19(10-8-17)20-7-3-5-18(14-20)15-25/h3,5,7,12-14,17,19,27-28H,2,4,6,8-11,15,25H2,1H3. The van der Waals surface area contributed by atoms with Gasteiger partial charge < -0.3 is 15.9 Å². The molecule has 1 fully saturated rings. The third kappa shape index (κ3) is 4.93. The third-order valence-electron chi connectivity index (χ3n) is 6.06. The second-order valence-corrected chi connectivity index (χ2v) is 8.16. The van der Waals surface area contributed by atoms with Crippen molar-refractivity contribution in [3.05, 3.63) is 58.7 Å². The van der Waals surface area contributed by atoms with Crippen LogP contribution in [0.3, 0.4) is 0 Å². The SMILES string of the molecule is Cc1cc(O)c(O)c(C(=O)CCC2CCCC(c3cccc(CN)c3)CC2)c1. The number of phenolic OH excluding ortho intramolecular Hbond substituents is 2. The van der Waals surface area contributed by atoms with Crippen LogP contribution in [0.4, 0.5) is 0 Å². The highest BCUT2D eigenvalue weighted by Gasteiger charge is 2.22. The Hall–Kier alpha value is -2.33. The maximum atomic E-state index is 12.6. The van der Waals surface area contributed by atoms with Gasteiger partial charge in [-0.3, -0.25) is 4.79 Å². The zero-order chi connectivity index (χ0) is 20.1. The van der Waals surface area contributed by atoms with E-state index < -0.39 is 0 Å². The average molecular weight is 382 g/mol. The molecule has 4 N–H and O–H groups in total. The number of hydrogen-bond acceptors (Lipinski definition) is 4. The van der Waals surface area contributed by atoms with Crippen LogP contribution in [-0.2, 0) is 6.54 Å². The maximum absolute atomic E-state index is 12.6. The minimum atomic E-state index is -0.295. The molecular formula is C24H31NO3. The Bertz CT molecular complexity index is 831. The highest BCUT2D eigenvalue weighted by molar-refractivity contribution is 5.99. The first-order chi connectivity index (χ1) is 13.5. The third-order valence-corrected chi connectivity index (χ3v) is 6.06. The molecule has 4 heteroatoms. The molecule has 2 aromatic rings. The molecule has 0 heterocycles. The summed E-state index contributed by atoms with van der Waals surface area (Å²) in [5.41, 5.74) is 9.37. The highest BCUT2D eigenvalue weighted by atomic mass is 16.3. The first-order valence-corrected chi connectivity index (χ1v) is 10.3. The van der Waals surface area contributed by atoms with E-state index in [0.717, 1.165) is 31.2 Å². The molecule has 2 atom stereocenters. The average Bonchev–Trinajstić information content (AvgIpc) is 2.94. The van der Waals surface area contributed by atoms with Gasteiger partial charge in [0.15, 0.2) is 17.3 Å². The van der Waals surface area contributed by atoms with E-state index in [4.69, 9.17) is 5.73 Å². The van der Waals surface area contributed by atoms with Crippen LogP contribution < -0.4 is 5.73 Å². The molecule has 4 nitrogen and oxygen atoms in total. The minimum absolute atomic E-state index is 0.0899. The smallest absolute Gasteiger partial charge is 0.168 e. The monoisotopic (exact) mass is 381 g/mol. The number of nitrogens with two attached hydrogens (primary N) is 1. The molecular weight excluding hydrogens is 350 g/mol. The van der Waals surface area contributed by atoms with Gasteiger partial charge in [-0.1, -0.05) is 37.1 Å². The van der Waals surface area contributed by atoms with Crippen molar-refractivity contribution in [3.63, 3.8) is 0 Å². The van der Waals surface area contributed by atoms with Gasteiger partial charge in [0.2, 0.25) is 0 Å². The second kappa shape index (κ2) is 9.24. The Morgan fingerprint density at radius 2 is 1.93 bits per heavy atom. The van der Waals surface area contributed by atoms with E-state index in [1.807, 2.05) is 0 Å². The van der Waals surface area contributed by atoms with Crippen molar-refractivity contribution >= 4 is 5.78 Å². The summed E-state index contributed by atoms with van der Waals surface area (Å²) >= 11 is 0. The summed E-state index contributed by atoms with van der Waals surface area (Å²) in [7, 11) is 0. The van der Waals surface area contributed by atoms with Gasteiger partial charge in [-0.25, -0.2) is 0 Å². The van der Waals surface area contributed by atoms with Crippen LogP contribution in [0.2, 0.25) is 0 Å². The van der Waals surface area contributed by atoms with Gasteiger partial charge in [0.1, 0.15) is 0 Å².